The van der Waals surface area contributed by atoms with E-state index in [1.54, 1.807) is 19.4 Å². The second-order valence-corrected chi connectivity index (χ2v) is 6.44. The minimum Gasteiger partial charge on any atom is -0.480 e. The Morgan fingerprint density at radius 3 is 3.00 bits per heavy atom. The molecule has 0 saturated heterocycles. The lowest BCUT2D eigenvalue weighted by atomic mass is 10.1. The number of hydrogen-bond donors (Lipinski definition) is 2. The van der Waals surface area contributed by atoms with E-state index >= 15 is 0 Å². The largest absolute Gasteiger partial charge is 0.480 e. The van der Waals surface area contributed by atoms with Gasteiger partial charge in [-0.3, -0.25) is 9.20 Å². The summed E-state index contributed by atoms with van der Waals surface area (Å²) in [5.41, 5.74) is 2.25. The zero-order valence-electron chi connectivity index (χ0n) is 14.3. The number of halogens is 1. The van der Waals surface area contributed by atoms with Crippen molar-refractivity contribution < 1.29 is 13.9 Å². The van der Waals surface area contributed by atoms with Gasteiger partial charge in [0.1, 0.15) is 17.6 Å². The monoisotopic (exact) mass is 366 g/mol. The van der Waals surface area contributed by atoms with Gasteiger partial charge >= 0.3 is 0 Å². The molecule has 2 atom stereocenters. The van der Waals surface area contributed by atoms with Crippen molar-refractivity contribution in [2.24, 2.45) is 5.92 Å². The summed E-state index contributed by atoms with van der Waals surface area (Å²) < 4.78 is 20.3. The molecule has 0 aromatic carbocycles. The number of nitrogens with one attached hydrogen (secondary N) is 2. The van der Waals surface area contributed by atoms with Gasteiger partial charge in [-0.2, -0.15) is 4.98 Å². The molecule has 0 aliphatic heterocycles. The lowest BCUT2D eigenvalue weighted by Crippen LogP contribution is -2.15. The van der Waals surface area contributed by atoms with Gasteiger partial charge in [0.05, 0.1) is 18.6 Å². The molecule has 0 radical (unpaired) electrons. The molecule has 1 aliphatic rings. The molecule has 8 nitrogen and oxygen atoms in total. The Kier molecular flexibility index (Phi) is 3.36. The number of methoxy groups -OCH3 is 1. The third-order valence-electron chi connectivity index (χ3n) is 4.67. The van der Waals surface area contributed by atoms with Crippen LogP contribution in [-0.4, -0.2) is 43.5 Å². The van der Waals surface area contributed by atoms with Crippen LogP contribution in [0.2, 0.25) is 0 Å². The molecule has 5 rings (SSSR count). The van der Waals surface area contributed by atoms with Gasteiger partial charge < -0.3 is 15.0 Å². The van der Waals surface area contributed by atoms with Crippen LogP contribution >= 0.6 is 0 Å². The van der Waals surface area contributed by atoms with Crippen LogP contribution in [0.3, 0.4) is 0 Å². The second-order valence-electron chi connectivity index (χ2n) is 6.44. The van der Waals surface area contributed by atoms with Gasteiger partial charge in [-0.15, -0.1) is 0 Å². The Morgan fingerprint density at radius 2 is 2.22 bits per heavy atom. The van der Waals surface area contributed by atoms with Crippen molar-refractivity contribution in [2.45, 2.75) is 12.6 Å². The first-order valence-corrected chi connectivity index (χ1v) is 8.45. The number of alkyl halides is 1. The number of hydrogen-bond acceptors (Lipinski definition) is 5. The highest BCUT2D eigenvalue weighted by Gasteiger charge is 2.43. The number of amides is 1. The quantitative estimate of drug-likeness (QED) is 0.579. The van der Waals surface area contributed by atoms with E-state index in [0.29, 0.717) is 23.1 Å². The zero-order chi connectivity index (χ0) is 18.5. The molecule has 2 N–H and O–H groups in total. The summed E-state index contributed by atoms with van der Waals surface area (Å²) in [6.07, 6.45) is 6.42. The molecule has 27 heavy (non-hydrogen) atoms. The van der Waals surface area contributed by atoms with Gasteiger partial charge in [0.25, 0.3) is 0 Å². The van der Waals surface area contributed by atoms with Gasteiger partial charge in [0.2, 0.25) is 17.6 Å². The van der Waals surface area contributed by atoms with Crippen molar-refractivity contribution in [3.63, 3.8) is 0 Å². The number of anilines is 1. The fourth-order valence-electron chi connectivity index (χ4n) is 3.13. The molecular weight excluding hydrogens is 351 g/mol. The molecule has 0 bridgehead atoms. The van der Waals surface area contributed by atoms with Gasteiger partial charge in [-0.25, -0.2) is 14.4 Å². The average Bonchev–Trinajstić information content (AvgIpc) is 3.07. The van der Waals surface area contributed by atoms with E-state index in [9.17, 15) is 9.18 Å². The fraction of sp³-hybridized carbons (Fsp3) is 0.222. The fourth-order valence-corrected chi connectivity index (χ4v) is 3.13. The van der Waals surface area contributed by atoms with Crippen molar-refractivity contribution >= 4 is 28.5 Å². The highest BCUT2D eigenvalue weighted by Crippen LogP contribution is 2.36. The normalized spacial score (nSPS) is 18.7. The summed E-state index contributed by atoms with van der Waals surface area (Å²) in [5.74, 6) is 0.492. The molecule has 1 amide bonds. The predicted molar refractivity (Wildman–Crippen MR) is 96.3 cm³/mol. The van der Waals surface area contributed by atoms with Crippen LogP contribution < -0.4 is 10.1 Å². The average molecular weight is 366 g/mol. The summed E-state index contributed by atoms with van der Waals surface area (Å²) >= 11 is 0. The summed E-state index contributed by atoms with van der Waals surface area (Å²) in [7, 11) is 1.56. The van der Waals surface area contributed by atoms with Gasteiger partial charge in [-0.05, 0) is 18.6 Å². The van der Waals surface area contributed by atoms with E-state index in [1.807, 2.05) is 29.1 Å². The Labute approximate surface area is 152 Å². The van der Waals surface area contributed by atoms with Crippen molar-refractivity contribution in [1.29, 1.82) is 0 Å². The number of carbonyl (C=O) groups is 1. The van der Waals surface area contributed by atoms with Gasteiger partial charge in [0.15, 0.2) is 0 Å². The number of carbonyl (C=O) groups excluding carboxylic acids is 1. The summed E-state index contributed by atoms with van der Waals surface area (Å²) in [5, 5.41) is 3.51. The standard InChI is InChI=1S/C18H15FN6O2/c1-27-17-12(8-25-5-4-20-18(25)24-17)11-7-21-15-9(11)2-3-14(22-15)23-16(26)10-6-13(10)19/h2-5,7-8,10,13H,6H2,1H3,(H2,21,22,23,26)/t10-,13+/m1/s1. The van der Waals surface area contributed by atoms with Crippen molar-refractivity contribution in [1.82, 2.24) is 24.3 Å². The van der Waals surface area contributed by atoms with Crippen LogP contribution in [0.5, 0.6) is 5.88 Å². The third kappa shape index (κ3) is 2.59. The minimum atomic E-state index is -1.04. The first kappa shape index (κ1) is 15.7. The van der Waals surface area contributed by atoms with Gasteiger partial charge in [-0.1, -0.05) is 0 Å². The number of pyridine rings is 1. The number of nitrogens with zero attached hydrogens (tertiary/aromatic N) is 4. The molecular formula is C18H15FN6O2. The van der Waals surface area contributed by atoms with E-state index < -0.39 is 12.1 Å². The SMILES string of the molecule is COc1nc2nccn2cc1-c1c[nH]c2nc(NC(=O)[C@@H]3C[C@@H]3F)ccc12. The number of fused-ring (bicyclic) bond motifs is 2. The smallest absolute Gasteiger partial charge is 0.237 e. The Hall–Kier alpha value is -3.49. The Balaban J connectivity index is 1.54. The lowest BCUT2D eigenvalue weighted by Gasteiger charge is -2.08. The summed E-state index contributed by atoms with van der Waals surface area (Å²) in [4.78, 5) is 28.0. The van der Waals surface area contributed by atoms with Crippen LogP contribution in [0.15, 0.2) is 36.9 Å². The zero-order valence-corrected chi connectivity index (χ0v) is 14.3. The van der Waals surface area contributed by atoms with Crippen LogP contribution in [0.25, 0.3) is 27.9 Å². The Morgan fingerprint density at radius 1 is 1.37 bits per heavy atom. The maximum atomic E-state index is 13.0. The predicted octanol–water partition coefficient (Wildman–Crippen LogP) is 2.58. The van der Waals surface area contributed by atoms with E-state index in [2.05, 4.69) is 25.3 Å². The van der Waals surface area contributed by atoms with Crippen LogP contribution in [0.4, 0.5) is 10.2 Å². The molecule has 1 saturated carbocycles. The van der Waals surface area contributed by atoms with Crippen molar-refractivity contribution in [2.75, 3.05) is 12.4 Å². The van der Waals surface area contributed by atoms with E-state index in [1.165, 1.54) is 0 Å². The second kappa shape index (κ2) is 5.76. The van der Waals surface area contributed by atoms with E-state index in [4.69, 9.17) is 4.74 Å². The van der Waals surface area contributed by atoms with Crippen molar-refractivity contribution in [3.05, 3.63) is 36.9 Å². The summed E-state index contributed by atoms with van der Waals surface area (Å²) in [6, 6.07) is 3.55. The number of aromatic nitrogens is 5. The summed E-state index contributed by atoms with van der Waals surface area (Å²) in [6.45, 7) is 0. The highest BCUT2D eigenvalue weighted by molar-refractivity contribution is 5.98. The lowest BCUT2D eigenvalue weighted by molar-refractivity contribution is -0.117. The minimum absolute atomic E-state index is 0.282. The topological polar surface area (TPSA) is 97.2 Å². The van der Waals surface area contributed by atoms with Crippen LogP contribution in [0.1, 0.15) is 6.42 Å². The molecule has 136 valence electrons. The number of imidazole rings is 1. The van der Waals surface area contributed by atoms with E-state index in [-0.39, 0.29) is 12.3 Å². The first-order chi connectivity index (χ1) is 13.1. The third-order valence-corrected chi connectivity index (χ3v) is 4.67. The number of aromatic amines is 1. The maximum absolute atomic E-state index is 13.0. The molecule has 0 unspecified atom stereocenters. The van der Waals surface area contributed by atoms with E-state index in [0.717, 1.165) is 16.5 Å². The molecule has 4 aromatic rings. The molecule has 0 spiro atoms. The van der Waals surface area contributed by atoms with Crippen molar-refractivity contribution in [3.8, 4) is 17.0 Å². The van der Waals surface area contributed by atoms with Crippen LogP contribution in [0, 0.1) is 5.92 Å². The molecule has 1 fully saturated rings. The Bertz CT molecular complexity index is 1180. The maximum Gasteiger partial charge on any atom is 0.237 e. The molecule has 4 heterocycles. The van der Waals surface area contributed by atoms with Gasteiger partial charge in [0, 0.05) is 35.7 Å². The molecule has 4 aromatic heterocycles. The molecule has 1 aliphatic carbocycles. The molecule has 9 heteroatoms. The number of ether oxygens (including phenoxy) is 1. The first-order valence-electron chi connectivity index (χ1n) is 8.45. The van der Waals surface area contributed by atoms with Crippen LogP contribution in [-0.2, 0) is 4.79 Å². The number of H-pyrrole nitrogens is 1. The highest BCUT2D eigenvalue weighted by atomic mass is 19.1. The number of rotatable bonds is 4.